The standard InChI is InChI=1S/C21H15F6N5/c22-20(23,24)14-4-1-3-13(9-14)17-11-16(31-19(12-28)32-17)5-2-7-29-18-10-15(6-8-30-18)21(25,26)27/h1,3-4,6,8-11H,2,5,7H2,(H,29,30). The smallest absolute Gasteiger partial charge is 0.370 e. The van der Waals surface area contributed by atoms with Crippen LogP contribution in [0.1, 0.15) is 29.1 Å². The highest BCUT2D eigenvalue weighted by Crippen LogP contribution is 2.32. The van der Waals surface area contributed by atoms with Crippen molar-refractivity contribution in [1.82, 2.24) is 15.0 Å². The molecule has 0 saturated heterocycles. The van der Waals surface area contributed by atoms with E-state index in [-0.39, 0.29) is 29.4 Å². The summed E-state index contributed by atoms with van der Waals surface area (Å²) in [6.07, 6.45) is -7.21. The number of nitrogens with zero attached hydrogens (tertiary/aromatic N) is 4. The maximum atomic E-state index is 13.0. The Labute approximate surface area is 178 Å². The van der Waals surface area contributed by atoms with E-state index >= 15 is 0 Å². The van der Waals surface area contributed by atoms with Crippen LogP contribution in [0.4, 0.5) is 32.2 Å². The Morgan fingerprint density at radius 3 is 2.31 bits per heavy atom. The summed E-state index contributed by atoms with van der Waals surface area (Å²) in [7, 11) is 0. The number of halogens is 6. The van der Waals surface area contributed by atoms with Crippen LogP contribution in [0.25, 0.3) is 11.3 Å². The van der Waals surface area contributed by atoms with Crippen LogP contribution in [0.5, 0.6) is 0 Å². The highest BCUT2D eigenvalue weighted by Gasteiger charge is 2.31. The van der Waals surface area contributed by atoms with Crippen LogP contribution in [-0.4, -0.2) is 21.5 Å². The largest absolute Gasteiger partial charge is 0.416 e. The van der Waals surface area contributed by atoms with Gasteiger partial charge in [0.25, 0.3) is 0 Å². The Balaban J connectivity index is 1.70. The summed E-state index contributed by atoms with van der Waals surface area (Å²) in [4.78, 5) is 11.9. The van der Waals surface area contributed by atoms with E-state index in [1.807, 2.05) is 0 Å². The van der Waals surface area contributed by atoms with Gasteiger partial charge < -0.3 is 5.32 Å². The van der Waals surface area contributed by atoms with Gasteiger partial charge in [-0.05, 0) is 43.2 Å². The lowest BCUT2D eigenvalue weighted by molar-refractivity contribution is -0.138. The van der Waals surface area contributed by atoms with Crippen LogP contribution in [0.2, 0.25) is 0 Å². The van der Waals surface area contributed by atoms with Crippen LogP contribution in [0.15, 0.2) is 48.7 Å². The first-order valence-electron chi connectivity index (χ1n) is 9.29. The number of pyridine rings is 1. The van der Waals surface area contributed by atoms with Gasteiger partial charge >= 0.3 is 12.4 Å². The summed E-state index contributed by atoms with van der Waals surface area (Å²) < 4.78 is 77.2. The van der Waals surface area contributed by atoms with Crippen LogP contribution in [0, 0.1) is 11.3 Å². The van der Waals surface area contributed by atoms with Crippen LogP contribution in [-0.2, 0) is 18.8 Å². The zero-order chi connectivity index (χ0) is 23.4. The predicted molar refractivity (Wildman–Crippen MR) is 103 cm³/mol. The normalized spacial score (nSPS) is 11.8. The summed E-state index contributed by atoms with van der Waals surface area (Å²) in [5.74, 6) is -0.132. The van der Waals surface area contributed by atoms with E-state index in [0.717, 1.165) is 30.5 Å². The predicted octanol–water partition coefficient (Wildman–Crippen LogP) is 5.49. The summed E-state index contributed by atoms with van der Waals surface area (Å²) in [5.41, 5.74) is -0.888. The van der Waals surface area contributed by atoms with Gasteiger partial charge in [-0.15, -0.1) is 0 Å². The number of nitriles is 1. The number of hydrogen-bond donors (Lipinski definition) is 1. The molecule has 0 aliphatic rings. The van der Waals surface area contributed by atoms with Crippen molar-refractivity contribution < 1.29 is 26.3 Å². The molecule has 0 aliphatic heterocycles. The highest BCUT2D eigenvalue weighted by molar-refractivity contribution is 5.61. The lowest BCUT2D eigenvalue weighted by Crippen LogP contribution is -2.09. The van der Waals surface area contributed by atoms with E-state index in [0.29, 0.717) is 18.5 Å². The monoisotopic (exact) mass is 451 g/mol. The SMILES string of the molecule is N#Cc1nc(CCCNc2cc(C(F)(F)F)ccn2)cc(-c2cccc(C(F)(F)F)c2)n1. The summed E-state index contributed by atoms with van der Waals surface area (Å²) in [6.45, 7) is 0.263. The molecule has 0 atom stereocenters. The van der Waals surface area contributed by atoms with Gasteiger partial charge in [0, 0.05) is 24.0 Å². The molecule has 1 aromatic carbocycles. The molecule has 2 aromatic heterocycles. The summed E-state index contributed by atoms with van der Waals surface area (Å²) in [5, 5.41) is 11.9. The Morgan fingerprint density at radius 1 is 0.906 bits per heavy atom. The van der Waals surface area contributed by atoms with Crippen molar-refractivity contribution in [2.45, 2.75) is 25.2 Å². The van der Waals surface area contributed by atoms with Crippen LogP contribution >= 0.6 is 0 Å². The number of nitrogens with one attached hydrogen (secondary N) is 1. The quantitative estimate of drug-likeness (QED) is 0.396. The van der Waals surface area contributed by atoms with Crippen molar-refractivity contribution in [2.24, 2.45) is 0 Å². The minimum atomic E-state index is -4.52. The average Bonchev–Trinajstić information content (AvgIpc) is 2.75. The third kappa shape index (κ3) is 5.94. The third-order valence-corrected chi connectivity index (χ3v) is 4.37. The highest BCUT2D eigenvalue weighted by atomic mass is 19.4. The number of aromatic nitrogens is 3. The van der Waals surface area contributed by atoms with Crippen molar-refractivity contribution in [3.05, 3.63) is 71.3 Å². The van der Waals surface area contributed by atoms with E-state index in [4.69, 9.17) is 5.26 Å². The number of hydrogen-bond acceptors (Lipinski definition) is 5. The molecule has 0 unspecified atom stereocenters. The molecule has 0 saturated carbocycles. The lowest BCUT2D eigenvalue weighted by Gasteiger charge is -2.10. The Morgan fingerprint density at radius 2 is 1.62 bits per heavy atom. The first kappa shape index (κ1) is 23.0. The van der Waals surface area contributed by atoms with Gasteiger partial charge in [0.1, 0.15) is 11.9 Å². The summed E-state index contributed by atoms with van der Waals surface area (Å²) >= 11 is 0. The minimum Gasteiger partial charge on any atom is -0.370 e. The molecule has 0 amide bonds. The molecular weight excluding hydrogens is 436 g/mol. The Bertz CT molecular complexity index is 1130. The number of rotatable bonds is 6. The number of anilines is 1. The molecule has 0 spiro atoms. The van der Waals surface area contributed by atoms with Crippen molar-refractivity contribution >= 4 is 5.82 Å². The van der Waals surface area contributed by atoms with Crippen molar-refractivity contribution in [1.29, 1.82) is 5.26 Å². The fraction of sp³-hybridized carbons (Fsp3) is 0.238. The van der Waals surface area contributed by atoms with Crippen molar-refractivity contribution in [2.75, 3.05) is 11.9 Å². The molecule has 2 heterocycles. The molecule has 5 nitrogen and oxygen atoms in total. The second-order valence-corrected chi connectivity index (χ2v) is 6.72. The van der Waals surface area contributed by atoms with Gasteiger partial charge in [0.05, 0.1) is 16.8 Å². The molecule has 1 N–H and O–H groups in total. The van der Waals surface area contributed by atoms with E-state index < -0.39 is 23.5 Å². The van der Waals surface area contributed by atoms with E-state index in [1.165, 1.54) is 18.2 Å². The third-order valence-electron chi connectivity index (χ3n) is 4.37. The fourth-order valence-corrected chi connectivity index (χ4v) is 2.87. The number of aryl methyl sites for hydroxylation is 1. The molecular formula is C21H15F6N5. The molecule has 3 rings (SSSR count). The van der Waals surface area contributed by atoms with Gasteiger partial charge in [-0.3, -0.25) is 0 Å². The van der Waals surface area contributed by atoms with Gasteiger partial charge in [0.2, 0.25) is 5.82 Å². The molecule has 0 radical (unpaired) electrons. The molecule has 32 heavy (non-hydrogen) atoms. The zero-order valence-electron chi connectivity index (χ0n) is 16.3. The maximum Gasteiger partial charge on any atom is 0.416 e. The molecule has 0 fully saturated rings. The molecule has 3 aromatic rings. The van der Waals surface area contributed by atoms with Crippen LogP contribution < -0.4 is 5.32 Å². The summed E-state index contributed by atoms with van der Waals surface area (Å²) in [6, 6.07) is 9.60. The molecule has 0 aliphatic carbocycles. The molecule has 11 heteroatoms. The topological polar surface area (TPSA) is 74.5 Å². The van der Waals surface area contributed by atoms with Crippen molar-refractivity contribution in [3.63, 3.8) is 0 Å². The zero-order valence-corrected chi connectivity index (χ0v) is 16.3. The van der Waals surface area contributed by atoms with E-state index in [1.54, 1.807) is 6.07 Å². The van der Waals surface area contributed by atoms with Crippen molar-refractivity contribution in [3.8, 4) is 17.3 Å². The molecule has 166 valence electrons. The van der Waals surface area contributed by atoms with Crippen LogP contribution in [0.3, 0.4) is 0 Å². The average molecular weight is 451 g/mol. The molecule has 0 bridgehead atoms. The Kier molecular flexibility index (Phi) is 6.62. The van der Waals surface area contributed by atoms with Gasteiger partial charge in [-0.1, -0.05) is 12.1 Å². The lowest BCUT2D eigenvalue weighted by atomic mass is 10.1. The Hall–Kier alpha value is -3.68. The first-order valence-corrected chi connectivity index (χ1v) is 9.29. The van der Waals surface area contributed by atoms with E-state index in [9.17, 15) is 26.3 Å². The van der Waals surface area contributed by atoms with Gasteiger partial charge in [-0.25, -0.2) is 15.0 Å². The fourth-order valence-electron chi connectivity index (χ4n) is 2.87. The van der Waals surface area contributed by atoms with Gasteiger partial charge in [-0.2, -0.15) is 31.6 Å². The second-order valence-electron chi connectivity index (χ2n) is 6.72. The minimum absolute atomic E-state index is 0.0601. The first-order chi connectivity index (χ1) is 15.1. The number of alkyl halides is 6. The van der Waals surface area contributed by atoms with E-state index in [2.05, 4.69) is 20.3 Å². The maximum absolute atomic E-state index is 13.0. The number of benzene rings is 1. The van der Waals surface area contributed by atoms with Gasteiger partial charge in [0.15, 0.2) is 0 Å². The second kappa shape index (κ2) is 9.21.